The van der Waals surface area contributed by atoms with E-state index in [-0.39, 0.29) is 33.1 Å². The van der Waals surface area contributed by atoms with Gasteiger partial charge in [0.1, 0.15) is 0 Å². The minimum atomic E-state index is -0.661. The molecule has 8 unspecified atom stereocenters. The van der Waals surface area contributed by atoms with Gasteiger partial charge in [0.05, 0.1) is 21.0 Å². The quantitative estimate of drug-likeness (QED) is 0.303. The lowest BCUT2D eigenvalue weighted by Crippen LogP contribution is -2.55. The number of allylic oxidation sites excluding steroid dienone is 2. The van der Waals surface area contributed by atoms with Crippen molar-refractivity contribution in [3.63, 3.8) is 0 Å². The lowest BCUT2D eigenvalue weighted by atomic mass is 9.63. The van der Waals surface area contributed by atoms with Crippen LogP contribution in [0.4, 0.5) is 0 Å². The average molecular weight is 485 g/mol. The molecule has 7 heteroatoms. The van der Waals surface area contributed by atoms with Crippen molar-refractivity contribution >= 4 is 0 Å². The Kier molecular flexibility index (Phi) is 7.37. The molecule has 0 spiro atoms. The van der Waals surface area contributed by atoms with Gasteiger partial charge >= 0.3 is 0 Å². The molecule has 0 bridgehead atoms. The molecule has 4 aliphatic carbocycles. The maximum absolute atomic E-state index is 11.5. The summed E-state index contributed by atoms with van der Waals surface area (Å²) >= 11 is 0. The van der Waals surface area contributed by atoms with Gasteiger partial charge in [0.25, 0.3) is 11.4 Å². The molecule has 0 aromatic rings. The summed E-state index contributed by atoms with van der Waals surface area (Å²) in [5, 5.41) is 23.0. The van der Waals surface area contributed by atoms with Crippen molar-refractivity contribution in [3.05, 3.63) is 68.1 Å². The first-order chi connectivity index (χ1) is 16.5. The van der Waals surface area contributed by atoms with Gasteiger partial charge in [-0.2, -0.15) is 0 Å². The molecule has 0 amide bonds. The van der Waals surface area contributed by atoms with E-state index in [0.717, 1.165) is 38.5 Å². The van der Waals surface area contributed by atoms with Crippen molar-refractivity contribution in [2.24, 2.45) is 35.5 Å². The molecule has 0 aliphatic heterocycles. The van der Waals surface area contributed by atoms with Crippen LogP contribution in [-0.2, 0) is 4.74 Å². The molecule has 35 heavy (non-hydrogen) atoms. The number of rotatable bonds is 6. The maximum Gasteiger partial charge on any atom is 0.265 e. The Balaban J connectivity index is 1.74. The van der Waals surface area contributed by atoms with Gasteiger partial charge in [0.15, 0.2) is 0 Å². The van der Waals surface area contributed by atoms with Crippen LogP contribution in [0.15, 0.2) is 47.9 Å². The predicted octanol–water partition coefficient (Wildman–Crippen LogP) is 6.87. The molecule has 2 fully saturated rings. The van der Waals surface area contributed by atoms with Crippen molar-refractivity contribution in [1.29, 1.82) is 0 Å². The van der Waals surface area contributed by atoms with Gasteiger partial charge in [-0.1, -0.05) is 40.5 Å². The van der Waals surface area contributed by atoms with E-state index in [0.29, 0.717) is 36.5 Å². The minimum absolute atomic E-state index is 0.115. The van der Waals surface area contributed by atoms with Crippen molar-refractivity contribution in [3.8, 4) is 0 Å². The average Bonchev–Trinajstić information content (AvgIpc) is 2.79. The van der Waals surface area contributed by atoms with Gasteiger partial charge in [0, 0.05) is 25.0 Å². The Bertz CT molecular complexity index is 892. The smallest absolute Gasteiger partial charge is 0.265 e. The first kappa shape index (κ1) is 25.8. The van der Waals surface area contributed by atoms with Crippen molar-refractivity contribution in [2.45, 2.75) is 90.3 Å². The lowest BCUT2D eigenvalue weighted by Gasteiger charge is -2.53. The molecule has 2 saturated carbocycles. The SMILES string of the molecule is CC1CCC(C2(OC3(C4CCC(C)CC4C)C=CC([N+](=O)[O-])=CC3)C=CC([N+](=O)[O-])=CC2)C(C)C1. The third-order valence-electron chi connectivity index (χ3n) is 9.25. The van der Waals surface area contributed by atoms with Gasteiger partial charge in [0.2, 0.25) is 0 Å². The van der Waals surface area contributed by atoms with Crippen molar-refractivity contribution in [2.75, 3.05) is 0 Å². The van der Waals surface area contributed by atoms with Crippen LogP contribution in [0.1, 0.15) is 79.1 Å². The fraction of sp³-hybridized carbons (Fsp3) is 0.714. The highest BCUT2D eigenvalue weighted by Gasteiger charge is 2.52. The number of hydrogen-bond donors (Lipinski definition) is 0. The number of hydrogen-bond acceptors (Lipinski definition) is 5. The van der Waals surface area contributed by atoms with Crippen LogP contribution < -0.4 is 0 Å². The van der Waals surface area contributed by atoms with Gasteiger partial charge in [-0.05, 0) is 85.5 Å². The van der Waals surface area contributed by atoms with Crippen LogP contribution >= 0.6 is 0 Å². The van der Waals surface area contributed by atoms with E-state index in [9.17, 15) is 20.2 Å². The van der Waals surface area contributed by atoms with E-state index in [4.69, 9.17) is 4.74 Å². The van der Waals surface area contributed by atoms with E-state index in [2.05, 4.69) is 27.7 Å². The number of nitro groups is 2. The van der Waals surface area contributed by atoms with Gasteiger partial charge < -0.3 is 4.74 Å². The van der Waals surface area contributed by atoms with Gasteiger partial charge in [-0.15, -0.1) is 0 Å². The Labute approximate surface area is 208 Å². The molecule has 0 N–H and O–H groups in total. The van der Waals surface area contributed by atoms with Crippen molar-refractivity contribution < 1.29 is 14.6 Å². The fourth-order valence-electron chi connectivity index (χ4n) is 7.51. The Hall–Kier alpha value is -2.28. The summed E-state index contributed by atoms with van der Waals surface area (Å²) in [5.74, 6) is 2.64. The zero-order valence-corrected chi connectivity index (χ0v) is 21.5. The Morgan fingerprint density at radius 1 is 0.743 bits per heavy atom. The highest BCUT2D eigenvalue weighted by molar-refractivity contribution is 5.29. The second kappa shape index (κ2) is 10.00. The third-order valence-corrected chi connectivity index (χ3v) is 9.25. The highest BCUT2D eigenvalue weighted by Crippen LogP contribution is 2.52. The van der Waals surface area contributed by atoms with Crippen LogP contribution in [0.2, 0.25) is 0 Å². The van der Waals surface area contributed by atoms with Crippen LogP contribution in [0.25, 0.3) is 0 Å². The highest BCUT2D eigenvalue weighted by atomic mass is 16.6. The van der Waals surface area contributed by atoms with Crippen LogP contribution in [0.3, 0.4) is 0 Å². The summed E-state index contributed by atoms with van der Waals surface area (Å²) in [7, 11) is 0. The van der Waals surface area contributed by atoms with E-state index >= 15 is 0 Å². The van der Waals surface area contributed by atoms with Crippen LogP contribution in [0, 0.1) is 55.7 Å². The topological polar surface area (TPSA) is 95.5 Å². The maximum atomic E-state index is 11.5. The molecule has 7 nitrogen and oxygen atoms in total. The molecule has 4 aliphatic rings. The molecule has 192 valence electrons. The number of nitrogens with zero attached hydrogens (tertiary/aromatic N) is 2. The summed E-state index contributed by atoms with van der Waals surface area (Å²) in [4.78, 5) is 22.3. The molecule has 0 radical (unpaired) electrons. The first-order valence-electron chi connectivity index (χ1n) is 13.3. The van der Waals surface area contributed by atoms with Gasteiger partial charge in [-0.25, -0.2) is 0 Å². The van der Waals surface area contributed by atoms with Gasteiger partial charge in [-0.3, -0.25) is 20.2 Å². The summed E-state index contributed by atoms with van der Waals surface area (Å²) in [5.41, 5.74) is -1.09. The Morgan fingerprint density at radius 2 is 1.14 bits per heavy atom. The monoisotopic (exact) mass is 484 g/mol. The zero-order valence-electron chi connectivity index (χ0n) is 21.5. The standard InChI is InChI=1S/C28H40N2O5/c1-19-5-7-25(21(3)17-19)27(13-9-23(10-14-27)29(31)32)35-28(15-11-24(12-16-28)30(33)34)26-8-6-20(2)18-22(26)4/h9-13,15,19-22,25-26H,5-8,14,16-18H2,1-4H3. The molecule has 0 aromatic heterocycles. The second-order valence-electron chi connectivity index (χ2n) is 11.9. The largest absolute Gasteiger partial charge is 0.359 e. The van der Waals surface area contributed by atoms with E-state index in [1.807, 2.05) is 12.2 Å². The van der Waals surface area contributed by atoms with E-state index in [1.165, 1.54) is 0 Å². The fourth-order valence-corrected chi connectivity index (χ4v) is 7.51. The van der Waals surface area contributed by atoms with Crippen LogP contribution in [-0.4, -0.2) is 21.0 Å². The molecule has 0 saturated heterocycles. The van der Waals surface area contributed by atoms with E-state index in [1.54, 1.807) is 24.3 Å². The lowest BCUT2D eigenvalue weighted by molar-refractivity contribution is -0.420. The van der Waals surface area contributed by atoms with E-state index < -0.39 is 11.2 Å². The first-order valence-corrected chi connectivity index (χ1v) is 13.3. The molecular formula is C28H40N2O5. The normalized spacial score (nSPS) is 41.7. The molecular weight excluding hydrogens is 444 g/mol. The molecule has 4 rings (SSSR count). The third kappa shape index (κ3) is 5.16. The summed E-state index contributed by atoms with van der Waals surface area (Å²) in [6.45, 7) is 9.15. The predicted molar refractivity (Wildman–Crippen MR) is 136 cm³/mol. The number of ether oxygens (including phenoxy) is 1. The summed E-state index contributed by atoms with van der Waals surface area (Å²) < 4.78 is 7.35. The minimum Gasteiger partial charge on any atom is -0.359 e. The second-order valence-corrected chi connectivity index (χ2v) is 11.9. The molecule has 0 aromatic carbocycles. The Morgan fingerprint density at radius 3 is 1.43 bits per heavy atom. The summed E-state index contributed by atoms with van der Waals surface area (Å²) in [6, 6.07) is 0. The van der Waals surface area contributed by atoms with Crippen molar-refractivity contribution in [1.82, 2.24) is 0 Å². The van der Waals surface area contributed by atoms with Crippen LogP contribution in [0.5, 0.6) is 0 Å². The summed E-state index contributed by atoms with van der Waals surface area (Å²) in [6.07, 6.45) is 18.0. The molecule has 0 heterocycles. The molecule has 8 atom stereocenters. The zero-order chi connectivity index (χ0) is 25.4.